The first-order valence-electron chi connectivity index (χ1n) is 7.89. The molecule has 1 aromatic carbocycles. The molecule has 0 amide bonds. The Morgan fingerprint density at radius 2 is 2.22 bits per heavy atom. The van der Waals surface area contributed by atoms with E-state index < -0.39 is 0 Å². The second-order valence-electron chi connectivity index (χ2n) is 5.88. The Morgan fingerprint density at radius 3 is 2.91 bits per heavy atom. The normalized spacial score (nSPS) is 20.0. The summed E-state index contributed by atoms with van der Waals surface area (Å²) in [7, 11) is 1.90. The lowest BCUT2D eigenvalue weighted by molar-refractivity contribution is -0.145. The maximum atomic E-state index is 10.9. The number of nitrogens with zero attached hydrogens (tertiary/aromatic N) is 3. The molecule has 2 unspecified atom stereocenters. The first-order chi connectivity index (χ1) is 11.3. The molecule has 122 valence electrons. The maximum absolute atomic E-state index is 10.9. The van der Waals surface area contributed by atoms with Crippen LogP contribution in [0.1, 0.15) is 24.6 Å². The van der Waals surface area contributed by atoms with Crippen LogP contribution in [0.25, 0.3) is 0 Å². The van der Waals surface area contributed by atoms with Crippen LogP contribution in [0.5, 0.6) is 0 Å². The molecular formula is C17H22N4O2. The summed E-state index contributed by atoms with van der Waals surface area (Å²) in [5.74, 6) is 0. The van der Waals surface area contributed by atoms with Gasteiger partial charge in [0.15, 0.2) is 6.23 Å². The highest BCUT2D eigenvalue weighted by molar-refractivity contribution is 5.40. The number of benzene rings is 1. The Labute approximate surface area is 136 Å². The number of aryl methyl sites for hydroxylation is 1. The molecule has 6 nitrogen and oxygen atoms in total. The minimum absolute atomic E-state index is 0.314. The first-order valence-corrected chi connectivity index (χ1v) is 7.89. The highest BCUT2D eigenvalue weighted by atomic mass is 16.5. The summed E-state index contributed by atoms with van der Waals surface area (Å²) in [6.07, 6.45) is 5.62. The average molecular weight is 314 g/mol. The lowest BCUT2D eigenvalue weighted by atomic mass is 10.0. The first kappa shape index (κ1) is 15.6. The molecule has 0 aliphatic carbocycles. The molecule has 1 saturated heterocycles. The predicted octanol–water partition coefficient (Wildman–Crippen LogP) is 2.17. The van der Waals surface area contributed by atoms with Crippen molar-refractivity contribution in [1.29, 1.82) is 0 Å². The number of hydrogen-bond acceptors (Lipinski definition) is 5. The second-order valence-corrected chi connectivity index (χ2v) is 5.88. The molecule has 2 atom stereocenters. The molecule has 1 fully saturated rings. The third-order valence-corrected chi connectivity index (χ3v) is 4.13. The Balaban J connectivity index is 1.69. The molecule has 3 rings (SSSR count). The fraction of sp³-hybridized carbons (Fsp3) is 0.412. The summed E-state index contributed by atoms with van der Waals surface area (Å²) in [6.45, 7) is 2.27. The lowest BCUT2D eigenvalue weighted by Gasteiger charge is -2.37. The summed E-state index contributed by atoms with van der Waals surface area (Å²) in [6, 6.07) is 10.2. The zero-order valence-electron chi connectivity index (χ0n) is 13.3. The molecule has 1 aromatic heterocycles. The molecule has 0 saturated carbocycles. The summed E-state index contributed by atoms with van der Waals surface area (Å²) in [5, 5.41) is 7.69. The minimum Gasteiger partial charge on any atom is -0.444 e. The molecule has 1 aliphatic heterocycles. The maximum Gasteiger partial charge on any atom is 0.294 e. The van der Waals surface area contributed by atoms with E-state index in [1.165, 1.54) is 0 Å². The van der Waals surface area contributed by atoms with Crippen LogP contribution in [-0.2, 0) is 16.6 Å². The van der Waals surface area contributed by atoms with Crippen molar-refractivity contribution in [3.63, 3.8) is 0 Å². The van der Waals surface area contributed by atoms with E-state index in [2.05, 4.69) is 15.3 Å². The fourth-order valence-electron chi connectivity index (χ4n) is 3.11. The van der Waals surface area contributed by atoms with E-state index in [-0.39, 0.29) is 6.23 Å². The van der Waals surface area contributed by atoms with Gasteiger partial charge in [-0.15, -0.1) is 0 Å². The number of hydrogen-bond donors (Lipinski definition) is 1. The molecule has 6 heteroatoms. The number of carbonyl (C=O) groups is 1. The van der Waals surface area contributed by atoms with Crippen LogP contribution in [0.2, 0.25) is 0 Å². The summed E-state index contributed by atoms with van der Waals surface area (Å²) in [4.78, 5) is 13.1. The van der Waals surface area contributed by atoms with Crippen LogP contribution in [-0.4, -0.2) is 40.3 Å². The van der Waals surface area contributed by atoms with Gasteiger partial charge < -0.3 is 10.1 Å². The molecule has 2 heterocycles. The van der Waals surface area contributed by atoms with Crippen molar-refractivity contribution in [3.05, 3.63) is 48.3 Å². The molecule has 0 bridgehead atoms. The van der Waals surface area contributed by atoms with Gasteiger partial charge in [-0.2, -0.15) is 5.10 Å². The number of nitrogens with one attached hydrogen (secondary N) is 1. The third kappa shape index (κ3) is 3.90. The van der Waals surface area contributed by atoms with E-state index in [4.69, 9.17) is 4.74 Å². The van der Waals surface area contributed by atoms with Gasteiger partial charge in [0.25, 0.3) is 6.47 Å². The Morgan fingerprint density at radius 1 is 1.39 bits per heavy atom. The third-order valence-electron chi connectivity index (χ3n) is 4.13. The van der Waals surface area contributed by atoms with Gasteiger partial charge in [-0.25, -0.2) is 0 Å². The Hall–Kier alpha value is -2.34. The molecule has 1 aliphatic rings. The number of carbonyl (C=O) groups excluding carboxylic acids is 1. The van der Waals surface area contributed by atoms with Crippen molar-refractivity contribution in [1.82, 2.24) is 14.7 Å². The molecular weight excluding hydrogens is 292 g/mol. The topological polar surface area (TPSA) is 59.4 Å². The van der Waals surface area contributed by atoms with E-state index in [1.54, 1.807) is 4.68 Å². The molecule has 23 heavy (non-hydrogen) atoms. The van der Waals surface area contributed by atoms with Crippen LogP contribution in [0.4, 0.5) is 5.69 Å². The van der Waals surface area contributed by atoms with Crippen molar-refractivity contribution in [2.75, 3.05) is 18.4 Å². The quantitative estimate of drug-likeness (QED) is 0.828. The standard InChI is InChI=1S/C17H22N4O2/c1-20-11-16(10-18-20)19-15-8-5-9-21(12-15)17(23-13-22)14-6-3-2-4-7-14/h2-4,6-7,10-11,13,15,17,19H,5,8-9,12H2,1H3. The number of ether oxygens (including phenoxy) is 1. The number of likely N-dealkylation sites (tertiary alicyclic amines) is 1. The van der Waals surface area contributed by atoms with E-state index in [0.29, 0.717) is 12.5 Å². The minimum atomic E-state index is -0.327. The molecule has 1 N–H and O–H groups in total. The van der Waals surface area contributed by atoms with Gasteiger partial charge >= 0.3 is 0 Å². The number of rotatable bonds is 6. The van der Waals surface area contributed by atoms with Gasteiger partial charge in [0.1, 0.15) is 0 Å². The van der Waals surface area contributed by atoms with Crippen molar-refractivity contribution in [3.8, 4) is 0 Å². The van der Waals surface area contributed by atoms with E-state index in [0.717, 1.165) is 37.2 Å². The Kier molecular flexibility index (Phi) is 4.92. The second kappa shape index (κ2) is 7.28. The van der Waals surface area contributed by atoms with Crippen LogP contribution in [0.15, 0.2) is 42.7 Å². The lowest BCUT2D eigenvalue weighted by Crippen LogP contribution is -2.44. The molecule has 0 spiro atoms. The van der Waals surface area contributed by atoms with E-state index in [9.17, 15) is 4.79 Å². The molecule has 2 aromatic rings. The largest absolute Gasteiger partial charge is 0.444 e. The fourth-order valence-corrected chi connectivity index (χ4v) is 3.11. The molecule has 0 radical (unpaired) electrons. The highest BCUT2D eigenvalue weighted by Gasteiger charge is 2.28. The summed E-state index contributed by atoms with van der Waals surface area (Å²) >= 11 is 0. The summed E-state index contributed by atoms with van der Waals surface area (Å²) in [5.41, 5.74) is 2.02. The highest BCUT2D eigenvalue weighted by Crippen LogP contribution is 2.26. The van der Waals surface area contributed by atoms with Crippen LogP contribution < -0.4 is 5.32 Å². The average Bonchev–Trinajstić information content (AvgIpc) is 2.98. The zero-order valence-corrected chi connectivity index (χ0v) is 13.3. The summed E-state index contributed by atoms with van der Waals surface area (Å²) < 4.78 is 7.15. The van der Waals surface area contributed by atoms with Gasteiger partial charge in [-0.3, -0.25) is 14.4 Å². The van der Waals surface area contributed by atoms with E-state index in [1.807, 2.05) is 49.8 Å². The number of piperidine rings is 1. The van der Waals surface area contributed by atoms with Crippen molar-refractivity contribution >= 4 is 12.2 Å². The number of anilines is 1. The predicted molar refractivity (Wildman–Crippen MR) is 87.8 cm³/mol. The van der Waals surface area contributed by atoms with Crippen LogP contribution in [0.3, 0.4) is 0 Å². The van der Waals surface area contributed by atoms with Crippen molar-refractivity contribution < 1.29 is 9.53 Å². The van der Waals surface area contributed by atoms with E-state index >= 15 is 0 Å². The van der Waals surface area contributed by atoms with Crippen molar-refractivity contribution in [2.24, 2.45) is 7.05 Å². The smallest absolute Gasteiger partial charge is 0.294 e. The van der Waals surface area contributed by atoms with Gasteiger partial charge in [0.05, 0.1) is 11.9 Å². The van der Waals surface area contributed by atoms with Crippen LogP contribution in [0, 0.1) is 0 Å². The van der Waals surface area contributed by atoms with Gasteiger partial charge in [-0.05, 0) is 12.8 Å². The Bertz CT molecular complexity index is 629. The SMILES string of the molecule is Cn1cc(NC2CCCN(C(OC=O)c3ccccc3)C2)cn1. The zero-order chi connectivity index (χ0) is 16.1. The van der Waals surface area contributed by atoms with Crippen LogP contribution >= 0.6 is 0 Å². The monoisotopic (exact) mass is 314 g/mol. The number of aromatic nitrogens is 2. The van der Waals surface area contributed by atoms with Gasteiger partial charge in [-0.1, -0.05) is 30.3 Å². The van der Waals surface area contributed by atoms with Crippen molar-refractivity contribution in [2.45, 2.75) is 25.1 Å². The van der Waals surface area contributed by atoms with Gasteiger partial charge in [0.2, 0.25) is 0 Å². The van der Waals surface area contributed by atoms with Gasteiger partial charge in [0, 0.05) is 37.9 Å².